The van der Waals surface area contributed by atoms with Gasteiger partial charge in [0.25, 0.3) is 5.56 Å². The zero-order valence-corrected chi connectivity index (χ0v) is 17.4. The van der Waals surface area contributed by atoms with E-state index < -0.39 is 23.0 Å². The molecule has 0 saturated carbocycles. The Hall–Kier alpha value is -4.54. The van der Waals surface area contributed by atoms with E-state index in [9.17, 15) is 22.8 Å². The van der Waals surface area contributed by atoms with Gasteiger partial charge in [-0.1, -0.05) is 6.07 Å². The van der Waals surface area contributed by atoms with Gasteiger partial charge in [-0.25, -0.2) is 14.8 Å². The summed E-state index contributed by atoms with van der Waals surface area (Å²) in [6.07, 6.45) is -1.82. The Morgan fingerprint density at radius 2 is 1.82 bits per heavy atom. The van der Waals surface area contributed by atoms with Crippen LogP contribution < -0.4 is 16.0 Å². The standard InChI is InChI=1S/C23H14F3N5O3/c1-34-18-8-5-12(10-28-18)16-6-7-17-19(29-16)20-15(11-27-17)21(32)30-22(33)31(20)14-4-2-3-13(9-14)23(24,25)26/h2-11H,1H3,(H,30,32,33). The lowest BCUT2D eigenvalue weighted by Gasteiger charge is -2.14. The maximum Gasteiger partial charge on any atom is 0.416 e. The number of benzene rings is 1. The van der Waals surface area contributed by atoms with Gasteiger partial charge >= 0.3 is 11.9 Å². The van der Waals surface area contributed by atoms with Crippen LogP contribution in [0.4, 0.5) is 13.2 Å². The number of H-pyrrole nitrogens is 1. The predicted molar refractivity (Wildman–Crippen MR) is 118 cm³/mol. The van der Waals surface area contributed by atoms with E-state index in [4.69, 9.17) is 4.74 Å². The van der Waals surface area contributed by atoms with Crippen LogP contribution in [0, 0.1) is 0 Å². The molecule has 0 fully saturated rings. The molecule has 0 aliphatic carbocycles. The third-order valence-electron chi connectivity index (χ3n) is 5.25. The van der Waals surface area contributed by atoms with Crippen LogP contribution in [-0.2, 0) is 6.18 Å². The molecule has 0 saturated heterocycles. The molecule has 1 aromatic carbocycles. The molecule has 0 amide bonds. The molecule has 0 unspecified atom stereocenters. The molecule has 0 radical (unpaired) electrons. The number of nitrogens with zero attached hydrogens (tertiary/aromatic N) is 4. The number of hydrogen-bond donors (Lipinski definition) is 1. The van der Waals surface area contributed by atoms with Crippen molar-refractivity contribution in [2.75, 3.05) is 7.11 Å². The molecule has 0 aliphatic heterocycles. The van der Waals surface area contributed by atoms with Crippen LogP contribution >= 0.6 is 0 Å². The van der Waals surface area contributed by atoms with Crippen molar-refractivity contribution < 1.29 is 17.9 Å². The molecule has 0 atom stereocenters. The molecule has 0 bridgehead atoms. The van der Waals surface area contributed by atoms with Gasteiger partial charge in [-0.2, -0.15) is 13.2 Å². The highest BCUT2D eigenvalue weighted by Gasteiger charge is 2.31. The fourth-order valence-corrected chi connectivity index (χ4v) is 3.65. The first-order valence-electron chi connectivity index (χ1n) is 9.89. The van der Waals surface area contributed by atoms with Crippen LogP contribution in [0.2, 0.25) is 0 Å². The van der Waals surface area contributed by atoms with Gasteiger partial charge in [-0.3, -0.25) is 19.3 Å². The van der Waals surface area contributed by atoms with Crippen LogP contribution in [0.25, 0.3) is 38.9 Å². The summed E-state index contributed by atoms with van der Waals surface area (Å²) in [6.45, 7) is 0. The van der Waals surface area contributed by atoms with E-state index in [1.54, 1.807) is 24.3 Å². The lowest BCUT2D eigenvalue weighted by atomic mass is 10.1. The number of hydrogen-bond acceptors (Lipinski definition) is 6. The topological polar surface area (TPSA) is 103 Å². The first-order chi connectivity index (χ1) is 16.3. The molecule has 34 heavy (non-hydrogen) atoms. The minimum absolute atomic E-state index is 0.00187. The van der Waals surface area contributed by atoms with E-state index in [1.807, 2.05) is 0 Å². The van der Waals surface area contributed by atoms with Gasteiger partial charge in [0.15, 0.2) is 0 Å². The first kappa shape index (κ1) is 21.3. The minimum atomic E-state index is -4.62. The van der Waals surface area contributed by atoms with E-state index in [1.165, 1.54) is 31.6 Å². The van der Waals surface area contributed by atoms with Gasteiger partial charge in [0.05, 0.1) is 40.5 Å². The Morgan fingerprint density at radius 1 is 1.00 bits per heavy atom. The number of ether oxygens (including phenoxy) is 1. The zero-order chi connectivity index (χ0) is 24.0. The van der Waals surface area contributed by atoms with Gasteiger partial charge in [-0.05, 0) is 36.4 Å². The number of halogens is 3. The molecule has 170 valence electrons. The third kappa shape index (κ3) is 3.56. The Balaban J connectivity index is 1.85. The highest BCUT2D eigenvalue weighted by atomic mass is 19.4. The predicted octanol–water partition coefficient (Wildman–Crippen LogP) is 3.71. The van der Waals surface area contributed by atoms with Crippen molar-refractivity contribution in [3.8, 4) is 22.8 Å². The summed E-state index contributed by atoms with van der Waals surface area (Å²) in [4.78, 5) is 40.5. The van der Waals surface area contributed by atoms with Crippen LogP contribution in [0.1, 0.15) is 5.56 Å². The molecule has 11 heteroatoms. The summed E-state index contributed by atoms with van der Waals surface area (Å²) >= 11 is 0. The van der Waals surface area contributed by atoms with Crippen molar-refractivity contribution in [2.24, 2.45) is 0 Å². The van der Waals surface area contributed by atoms with E-state index in [0.29, 0.717) is 22.7 Å². The molecule has 4 heterocycles. The van der Waals surface area contributed by atoms with Crippen molar-refractivity contribution in [1.82, 2.24) is 24.5 Å². The minimum Gasteiger partial charge on any atom is -0.481 e. The second kappa shape index (κ2) is 7.80. The molecule has 4 aromatic heterocycles. The number of methoxy groups -OCH3 is 1. The number of rotatable bonds is 3. The van der Waals surface area contributed by atoms with Crippen molar-refractivity contribution >= 4 is 21.9 Å². The van der Waals surface area contributed by atoms with Crippen molar-refractivity contribution in [1.29, 1.82) is 0 Å². The quantitative estimate of drug-likeness (QED) is 0.408. The molecule has 5 rings (SSSR count). The average Bonchev–Trinajstić information content (AvgIpc) is 2.83. The maximum atomic E-state index is 13.3. The van der Waals surface area contributed by atoms with Gasteiger partial charge in [0.1, 0.15) is 5.52 Å². The number of aromatic nitrogens is 5. The van der Waals surface area contributed by atoms with Gasteiger partial charge in [0.2, 0.25) is 5.88 Å². The fourth-order valence-electron chi connectivity index (χ4n) is 3.65. The second-order valence-electron chi connectivity index (χ2n) is 7.32. The smallest absolute Gasteiger partial charge is 0.416 e. The molecule has 0 spiro atoms. The zero-order valence-electron chi connectivity index (χ0n) is 17.4. The van der Waals surface area contributed by atoms with Gasteiger partial charge < -0.3 is 4.74 Å². The average molecular weight is 465 g/mol. The van der Waals surface area contributed by atoms with Crippen molar-refractivity contribution in [3.63, 3.8) is 0 Å². The third-order valence-corrected chi connectivity index (χ3v) is 5.25. The molecule has 8 nitrogen and oxygen atoms in total. The summed E-state index contributed by atoms with van der Waals surface area (Å²) in [5, 5.41) is 0.00187. The van der Waals surface area contributed by atoms with E-state index in [0.717, 1.165) is 16.7 Å². The Bertz CT molecular complexity index is 1680. The highest BCUT2D eigenvalue weighted by Crippen LogP contribution is 2.31. The SMILES string of the molecule is COc1ccc(-c2ccc3ncc4c(=O)[nH]c(=O)n(-c5cccc(C(F)(F)F)c5)c4c3n2)cn1. The van der Waals surface area contributed by atoms with Crippen molar-refractivity contribution in [2.45, 2.75) is 6.18 Å². The summed E-state index contributed by atoms with van der Waals surface area (Å²) in [6, 6.07) is 11.0. The molecular formula is C23H14F3N5O3. The Kier molecular flexibility index (Phi) is 4.89. The lowest BCUT2D eigenvalue weighted by Crippen LogP contribution is -2.29. The van der Waals surface area contributed by atoms with Crippen LogP contribution in [0.5, 0.6) is 5.88 Å². The van der Waals surface area contributed by atoms with E-state index >= 15 is 0 Å². The Labute approximate surface area is 188 Å². The number of nitrogens with one attached hydrogen (secondary N) is 1. The van der Waals surface area contributed by atoms with Gasteiger partial charge in [-0.15, -0.1) is 0 Å². The normalized spacial score (nSPS) is 11.8. The monoisotopic (exact) mass is 465 g/mol. The molecular weight excluding hydrogens is 451 g/mol. The number of aromatic amines is 1. The number of fused-ring (bicyclic) bond motifs is 3. The fraction of sp³-hybridized carbons (Fsp3) is 0.0870. The lowest BCUT2D eigenvalue weighted by molar-refractivity contribution is -0.137. The van der Waals surface area contributed by atoms with E-state index in [2.05, 4.69) is 19.9 Å². The van der Waals surface area contributed by atoms with Gasteiger partial charge in [0, 0.05) is 24.0 Å². The molecule has 5 aromatic rings. The Morgan fingerprint density at radius 3 is 2.53 bits per heavy atom. The number of alkyl halides is 3. The highest BCUT2D eigenvalue weighted by molar-refractivity contribution is 6.01. The summed E-state index contributed by atoms with van der Waals surface area (Å²) < 4.78 is 46.0. The largest absolute Gasteiger partial charge is 0.481 e. The van der Waals surface area contributed by atoms with E-state index in [-0.39, 0.29) is 22.1 Å². The van der Waals surface area contributed by atoms with Crippen molar-refractivity contribution in [3.05, 3.63) is 87.3 Å². The second-order valence-corrected chi connectivity index (χ2v) is 7.32. The molecule has 0 aliphatic rings. The van der Waals surface area contributed by atoms with Crippen LogP contribution in [-0.4, -0.2) is 31.6 Å². The maximum absolute atomic E-state index is 13.3. The van der Waals surface area contributed by atoms with Crippen LogP contribution in [0.3, 0.4) is 0 Å². The summed E-state index contributed by atoms with van der Waals surface area (Å²) in [5.74, 6) is 0.404. The number of pyridine rings is 3. The van der Waals surface area contributed by atoms with Crippen LogP contribution in [0.15, 0.2) is 70.5 Å². The summed E-state index contributed by atoms with van der Waals surface area (Å²) in [7, 11) is 1.48. The molecule has 1 N–H and O–H groups in total. The first-order valence-corrected chi connectivity index (χ1v) is 9.89. The summed E-state index contributed by atoms with van der Waals surface area (Å²) in [5.41, 5.74) is -0.993.